The number of anilines is 1. The SMILES string of the molecule is CON(C)S(=O)(=O)c1ccc(NC(=O)C(C)Oc2cccc(C)c2C)cc1. The number of carbonyl (C=O) groups excluding carboxylic acids is 1. The van der Waals surface area contributed by atoms with Gasteiger partial charge in [-0.05, 0) is 62.2 Å². The second-order valence-electron chi connectivity index (χ2n) is 6.07. The van der Waals surface area contributed by atoms with E-state index < -0.39 is 16.1 Å². The van der Waals surface area contributed by atoms with Crippen molar-refractivity contribution < 1.29 is 22.8 Å². The summed E-state index contributed by atoms with van der Waals surface area (Å²) < 4.78 is 30.8. The van der Waals surface area contributed by atoms with Crippen molar-refractivity contribution in [1.82, 2.24) is 4.47 Å². The van der Waals surface area contributed by atoms with Crippen LogP contribution < -0.4 is 10.1 Å². The van der Waals surface area contributed by atoms with Crippen molar-refractivity contribution in [3.63, 3.8) is 0 Å². The third-order valence-corrected chi connectivity index (χ3v) is 5.94. The molecule has 8 heteroatoms. The Labute approximate surface area is 159 Å². The number of sulfonamides is 1. The second kappa shape index (κ2) is 8.51. The number of amides is 1. The lowest BCUT2D eigenvalue weighted by atomic mass is 10.1. The smallest absolute Gasteiger partial charge is 0.265 e. The fourth-order valence-corrected chi connectivity index (χ4v) is 3.27. The third-order valence-electron chi connectivity index (χ3n) is 4.24. The molecule has 0 aliphatic rings. The number of hydroxylamine groups is 1. The maximum absolute atomic E-state index is 12.4. The number of benzene rings is 2. The fourth-order valence-electron chi connectivity index (χ4n) is 2.30. The minimum Gasteiger partial charge on any atom is -0.481 e. The van der Waals surface area contributed by atoms with Gasteiger partial charge in [-0.25, -0.2) is 8.42 Å². The van der Waals surface area contributed by atoms with Gasteiger partial charge in [0.05, 0.1) is 12.0 Å². The maximum atomic E-state index is 12.4. The summed E-state index contributed by atoms with van der Waals surface area (Å²) in [6.07, 6.45) is -0.714. The Morgan fingerprint density at radius 1 is 1.11 bits per heavy atom. The molecule has 27 heavy (non-hydrogen) atoms. The zero-order chi connectivity index (χ0) is 20.2. The standard InChI is InChI=1S/C19H24N2O5S/c1-13-7-6-8-18(14(13)2)26-15(3)19(22)20-16-9-11-17(12-10-16)27(23,24)21(4)25-5/h6-12,15H,1-5H3,(H,20,22). The highest BCUT2D eigenvalue weighted by atomic mass is 32.2. The summed E-state index contributed by atoms with van der Waals surface area (Å²) in [5.41, 5.74) is 2.53. The van der Waals surface area contributed by atoms with Crippen molar-refractivity contribution in [2.24, 2.45) is 0 Å². The van der Waals surface area contributed by atoms with Crippen LogP contribution in [0.4, 0.5) is 5.69 Å². The molecule has 0 saturated carbocycles. The second-order valence-corrected chi connectivity index (χ2v) is 8.00. The van der Waals surface area contributed by atoms with Crippen LogP contribution in [0.25, 0.3) is 0 Å². The van der Waals surface area contributed by atoms with Crippen LogP contribution in [0.1, 0.15) is 18.1 Å². The number of aryl methyl sites for hydroxylation is 1. The Bertz CT molecular complexity index is 910. The maximum Gasteiger partial charge on any atom is 0.265 e. The van der Waals surface area contributed by atoms with Gasteiger partial charge in [0.1, 0.15) is 5.75 Å². The van der Waals surface area contributed by atoms with E-state index in [2.05, 4.69) is 5.32 Å². The van der Waals surface area contributed by atoms with E-state index >= 15 is 0 Å². The molecule has 0 saturated heterocycles. The first-order chi connectivity index (χ1) is 12.7. The Balaban J connectivity index is 2.06. The fraction of sp³-hybridized carbons (Fsp3) is 0.316. The predicted octanol–water partition coefficient (Wildman–Crippen LogP) is 2.89. The van der Waals surface area contributed by atoms with E-state index in [0.29, 0.717) is 11.4 Å². The van der Waals surface area contributed by atoms with E-state index in [-0.39, 0.29) is 10.8 Å². The Kier molecular flexibility index (Phi) is 6.59. The molecular weight excluding hydrogens is 368 g/mol. The number of hydrogen-bond donors (Lipinski definition) is 1. The van der Waals surface area contributed by atoms with E-state index in [0.717, 1.165) is 15.6 Å². The predicted molar refractivity (Wildman–Crippen MR) is 103 cm³/mol. The minimum absolute atomic E-state index is 0.0598. The molecule has 0 radical (unpaired) electrons. The van der Waals surface area contributed by atoms with E-state index in [1.165, 1.54) is 38.4 Å². The van der Waals surface area contributed by atoms with Crippen LogP contribution in [-0.4, -0.2) is 39.1 Å². The summed E-state index contributed by atoms with van der Waals surface area (Å²) in [4.78, 5) is 17.2. The van der Waals surface area contributed by atoms with Gasteiger partial charge < -0.3 is 10.1 Å². The van der Waals surface area contributed by atoms with Crippen molar-refractivity contribution in [3.8, 4) is 5.75 Å². The van der Waals surface area contributed by atoms with Gasteiger partial charge in [-0.1, -0.05) is 16.6 Å². The van der Waals surface area contributed by atoms with E-state index in [1.54, 1.807) is 6.92 Å². The van der Waals surface area contributed by atoms with Crippen molar-refractivity contribution in [2.75, 3.05) is 19.5 Å². The molecule has 2 aromatic carbocycles. The average Bonchev–Trinajstić information content (AvgIpc) is 2.65. The molecule has 0 heterocycles. The lowest BCUT2D eigenvalue weighted by molar-refractivity contribution is -0.122. The molecule has 0 fully saturated rings. The molecule has 0 aromatic heterocycles. The van der Waals surface area contributed by atoms with Gasteiger partial charge in [0.25, 0.3) is 15.9 Å². The molecule has 0 aliphatic heterocycles. The first-order valence-electron chi connectivity index (χ1n) is 8.33. The summed E-state index contributed by atoms with van der Waals surface area (Å²) in [6, 6.07) is 11.5. The van der Waals surface area contributed by atoms with Crippen LogP contribution in [0.5, 0.6) is 5.75 Å². The Morgan fingerprint density at radius 2 is 1.74 bits per heavy atom. The quantitative estimate of drug-likeness (QED) is 0.733. The summed E-state index contributed by atoms with van der Waals surface area (Å²) >= 11 is 0. The molecule has 0 aliphatic carbocycles. The van der Waals surface area contributed by atoms with Crippen molar-refractivity contribution in [1.29, 1.82) is 0 Å². The molecule has 146 valence electrons. The summed E-state index contributed by atoms with van der Waals surface area (Å²) in [5, 5.41) is 2.71. The van der Waals surface area contributed by atoms with Crippen LogP contribution in [0.3, 0.4) is 0 Å². The summed E-state index contributed by atoms with van der Waals surface area (Å²) in [7, 11) is -1.16. The molecule has 0 bridgehead atoms. The molecule has 2 aromatic rings. The molecule has 7 nitrogen and oxygen atoms in total. The highest BCUT2D eigenvalue weighted by Gasteiger charge is 2.21. The molecule has 1 N–H and O–H groups in total. The molecule has 2 rings (SSSR count). The zero-order valence-electron chi connectivity index (χ0n) is 16.0. The van der Waals surface area contributed by atoms with E-state index in [9.17, 15) is 13.2 Å². The number of ether oxygens (including phenoxy) is 1. The molecule has 1 unspecified atom stereocenters. The number of carbonyl (C=O) groups is 1. The van der Waals surface area contributed by atoms with Crippen LogP contribution >= 0.6 is 0 Å². The van der Waals surface area contributed by atoms with Crippen molar-refractivity contribution in [3.05, 3.63) is 53.6 Å². The van der Waals surface area contributed by atoms with Gasteiger partial charge >= 0.3 is 0 Å². The summed E-state index contributed by atoms with van der Waals surface area (Å²) in [5.74, 6) is 0.321. The molecule has 0 spiro atoms. The Morgan fingerprint density at radius 3 is 2.33 bits per heavy atom. The largest absolute Gasteiger partial charge is 0.481 e. The van der Waals surface area contributed by atoms with Gasteiger partial charge in [-0.3, -0.25) is 9.63 Å². The number of nitrogens with one attached hydrogen (secondary N) is 1. The monoisotopic (exact) mass is 392 g/mol. The van der Waals surface area contributed by atoms with Crippen molar-refractivity contribution in [2.45, 2.75) is 31.8 Å². The van der Waals surface area contributed by atoms with Crippen LogP contribution in [0.2, 0.25) is 0 Å². The third kappa shape index (κ3) is 4.85. The van der Waals surface area contributed by atoms with Crippen molar-refractivity contribution >= 4 is 21.6 Å². The Hall–Kier alpha value is -2.42. The van der Waals surface area contributed by atoms with Gasteiger partial charge in [0.15, 0.2) is 6.10 Å². The van der Waals surface area contributed by atoms with Crippen LogP contribution in [0.15, 0.2) is 47.4 Å². The normalized spacial score (nSPS) is 12.7. The van der Waals surface area contributed by atoms with E-state index in [1.807, 2.05) is 32.0 Å². The van der Waals surface area contributed by atoms with Gasteiger partial charge in [0, 0.05) is 12.7 Å². The number of nitrogens with zero attached hydrogens (tertiary/aromatic N) is 1. The molecule has 1 amide bonds. The van der Waals surface area contributed by atoms with E-state index in [4.69, 9.17) is 9.57 Å². The average molecular weight is 392 g/mol. The number of hydrogen-bond acceptors (Lipinski definition) is 5. The topological polar surface area (TPSA) is 84.9 Å². The minimum atomic E-state index is -3.73. The lowest BCUT2D eigenvalue weighted by Crippen LogP contribution is -2.30. The lowest BCUT2D eigenvalue weighted by Gasteiger charge is -2.17. The zero-order valence-corrected chi connectivity index (χ0v) is 16.8. The highest BCUT2D eigenvalue weighted by Crippen LogP contribution is 2.22. The van der Waals surface area contributed by atoms with Crippen LogP contribution in [0, 0.1) is 13.8 Å². The van der Waals surface area contributed by atoms with Gasteiger partial charge in [0.2, 0.25) is 0 Å². The first-order valence-corrected chi connectivity index (χ1v) is 9.77. The highest BCUT2D eigenvalue weighted by molar-refractivity contribution is 7.89. The number of rotatable bonds is 7. The molecule has 1 atom stereocenters. The molecular formula is C19H24N2O5S. The van der Waals surface area contributed by atoms with Gasteiger partial charge in [-0.15, -0.1) is 0 Å². The summed E-state index contributed by atoms with van der Waals surface area (Å²) in [6.45, 7) is 5.57. The van der Waals surface area contributed by atoms with Gasteiger partial charge in [-0.2, -0.15) is 0 Å². The first kappa shape index (κ1) is 20.9. The van der Waals surface area contributed by atoms with Crippen LogP contribution in [-0.2, 0) is 19.7 Å².